The molecule has 0 N–H and O–H groups in total. The lowest BCUT2D eigenvalue weighted by atomic mass is 10.1. The molecule has 1 saturated heterocycles. The topological polar surface area (TPSA) is 66.9 Å². The van der Waals surface area contributed by atoms with Gasteiger partial charge in [0.05, 0.1) is 22.8 Å². The minimum Gasteiger partial charge on any atom is -0.352 e. The van der Waals surface area contributed by atoms with Crippen LogP contribution < -0.4 is 0 Å². The van der Waals surface area contributed by atoms with Gasteiger partial charge in [-0.2, -0.15) is 0 Å². The van der Waals surface area contributed by atoms with E-state index in [4.69, 9.17) is 4.74 Å². The third kappa shape index (κ3) is 3.99. The number of carbonyl (C=O) groups excluding carboxylic acids is 3. The summed E-state index contributed by atoms with van der Waals surface area (Å²) in [5.41, 5.74) is 1.41. The molecule has 8 heteroatoms. The third-order valence-corrected chi connectivity index (χ3v) is 7.20. The lowest BCUT2D eigenvalue weighted by Gasteiger charge is -2.42. The highest BCUT2D eigenvalue weighted by atomic mass is 32.2. The molecular weight excluding hydrogens is 420 g/mol. The lowest BCUT2D eigenvalue weighted by molar-refractivity contribution is -0.136. The Kier molecular flexibility index (Phi) is 5.90. The molecule has 30 heavy (non-hydrogen) atoms. The molecule has 1 unspecified atom stereocenters. The zero-order chi connectivity index (χ0) is 21.3. The second-order valence-electron chi connectivity index (χ2n) is 7.45. The van der Waals surface area contributed by atoms with Crippen LogP contribution in [0.2, 0.25) is 0 Å². The van der Waals surface area contributed by atoms with Gasteiger partial charge in [-0.25, -0.2) is 4.90 Å². The van der Waals surface area contributed by atoms with Crippen molar-refractivity contribution >= 4 is 40.6 Å². The average molecular weight is 443 g/mol. The minimum atomic E-state index is -0.802. The van der Waals surface area contributed by atoms with Crippen molar-refractivity contribution in [1.82, 2.24) is 9.80 Å². The van der Waals surface area contributed by atoms with Crippen molar-refractivity contribution in [2.75, 3.05) is 18.9 Å². The molecule has 0 spiro atoms. The van der Waals surface area contributed by atoms with Gasteiger partial charge < -0.3 is 9.64 Å². The summed E-state index contributed by atoms with van der Waals surface area (Å²) in [6, 6.07) is 16.8. The number of nitrogens with zero attached hydrogens (tertiary/aromatic N) is 2. The first kappa shape index (κ1) is 21.0. The van der Waals surface area contributed by atoms with Crippen molar-refractivity contribution in [3.05, 3.63) is 65.7 Å². The Balaban J connectivity index is 1.51. The van der Waals surface area contributed by atoms with E-state index in [1.165, 1.54) is 4.90 Å². The first-order chi connectivity index (χ1) is 14.4. The molecule has 2 heterocycles. The molecule has 2 aliphatic heterocycles. The maximum Gasteiger partial charge on any atom is 0.291 e. The molecule has 156 valence electrons. The number of imide groups is 1. The number of hydrogen-bond acceptors (Lipinski definition) is 6. The van der Waals surface area contributed by atoms with Crippen molar-refractivity contribution in [2.24, 2.45) is 0 Å². The van der Waals surface area contributed by atoms with Crippen LogP contribution in [0.25, 0.3) is 0 Å². The van der Waals surface area contributed by atoms with Gasteiger partial charge in [0.15, 0.2) is 6.23 Å². The molecule has 4 rings (SSSR count). The zero-order valence-corrected chi connectivity index (χ0v) is 18.4. The van der Waals surface area contributed by atoms with Gasteiger partial charge in [-0.1, -0.05) is 66.0 Å². The fourth-order valence-electron chi connectivity index (χ4n) is 3.60. The Morgan fingerprint density at radius 1 is 1.03 bits per heavy atom. The van der Waals surface area contributed by atoms with Crippen LogP contribution in [0.5, 0.6) is 0 Å². The zero-order valence-electron chi connectivity index (χ0n) is 16.7. The molecule has 1 atom stereocenters. The van der Waals surface area contributed by atoms with Crippen LogP contribution in [0.1, 0.15) is 36.0 Å². The van der Waals surface area contributed by atoms with Crippen LogP contribution in [0.4, 0.5) is 4.79 Å². The normalized spacial score (nSPS) is 19.2. The average Bonchev–Trinajstić information content (AvgIpc) is 3.06. The third-order valence-electron chi connectivity index (χ3n) is 5.07. The van der Waals surface area contributed by atoms with E-state index in [9.17, 15) is 14.4 Å². The van der Waals surface area contributed by atoms with Gasteiger partial charge in [-0.3, -0.25) is 14.4 Å². The predicted octanol–water partition coefficient (Wildman–Crippen LogP) is 4.38. The van der Waals surface area contributed by atoms with E-state index in [1.807, 2.05) is 68.4 Å². The molecule has 0 saturated carbocycles. The van der Waals surface area contributed by atoms with E-state index in [0.717, 1.165) is 22.2 Å². The van der Waals surface area contributed by atoms with Crippen LogP contribution >= 0.6 is 23.5 Å². The number of ether oxygens (including phenoxy) is 1. The SMILES string of the molecule is CC1(C)Sc2ccccc2C(=O)N1CCOC(c1ccccc1)N1C(=O)CSC1=O. The molecule has 3 amide bonds. The largest absolute Gasteiger partial charge is 0.352 e. The number of rotatable bonds is 6. The van der Waals surface area contributed by atoms with Crippen LogP contribution in [0.15, 0.2) is 59.5 Å². The summed E-state index contributed by atoms with van der Waals surface area (Å²) in [6.45, 7) is 4.55. The number of carbonyl (C=O) groups is 3. The maximum absolute atomic E-state index is 13.1. The number of amides is 3. The Morgan fingerprint density at radius 3 is 2.43 bits per heavy atom. The van der Waals surface area contributed by atoms with Crippen molar-refractivity contribution in [3.8, 4) is 0 Å². The Morgan fingerprint density at radius 2 is 1.73 bits per heavy atom. The number of hydrogen-bond donors (Lipinski definition) is 0. The second-order valence-corrected chi connectivity index (χ2v) is 10.0. The molecule has 2 aromatic carbocycles. The van der Waals surface area contributed by atoms with Crippen molar-refractivity contribution in [2.45, 2.75) is 29.8 Å². The minimum absolute atomic E-state index is 0.0434. The summed E-state index contributed by atoms with van der Waals surface area (Å²) >= 11 is 2.61. The van der Waals surface area contributed by atoms with Crippen molar-refractivity contribution < 1.29 is 19.1 Å². The summed E-state index contributed by atoms with van der Waals surface area (Å²) in [6.07, 6.45) is -0.802. The van der Waals surface area contributed by atoms with Gasteiger partial charge in [0.2, 0.25) is 5.91 Å². The van der Waals surface area contributed by atoms with Crippen LogP contribution in [-0.2, 0) is 9.53 Å². The number of fused-ring (bicyclic) bond motifs is 1. The lowest BCUT2D eigenvalue weighted by Crippen LogP contribution is -2.50. The van der Waals surface area contributed by atoms with Gasteiger partial charge in [0, 0.05) is 17.0 Å². The van der Waals surface area contributed by atoms with E-state index in [1.54, 1.807) is 16.7 Å². The van der Waals surface area contributed by atoms with Gasteiger partial charge >= 0.3 is 0 Å². The van der Waals surface area contributed by atoms with E-state index >= 15 is 0 Å². The smallest absolute Gasteiger partial charge is 0.291 e. The molecule has 6 nitrogen and oxygen atoms in total. The molecule has 2 aromatic rings. The monoisotopic (exact) mass is 442 g/mol. The van der Waals surface area contributed by atoms with Gasteiger partial charge in [-0.15, -0.1) is 0 Å². The molecule has 0 radical (unpaired) electrons. The van der Waals surface area contributed by atoms with Gasteiger partial charge in [-0.05, 0) is 26.0 Å². The first-order valence-electron chi connectivity index (χ1n) is 9.64. The maximum atomic E-state index is 13.1. The predicted molar refractivity (Wildman–Crippen MR) is 117 cm³/mol. The Labute approximate surface area is 183 Å². The van der Waals surface area contributed by atoms with E-state index < -0.39 is 11.1 Å². The summed E-state index contributed by atoms with van der Waals surface area (Å²) < 4.78 is 6.05. The Hall–Kier alpha value is -2.29. The first-order valence-corrected chi connectivity index (χ1v) is 11.4. The quantitative estimate of drug-likeness (QED) is 0.661. The highest BCUT2D eigenvalue weighted by Crippen LogP contribution is 2.42. The van der Waals surface area contributed by atoms with Crippen molar-refractivity contribution in [3.63, 3.8) is 0 Å². The van der Waals surface area contributed by atoms with Crippen molar-refractivity contribution in [1.29, 1.82) is 0 Å². The van der Waals surface area contributed by atoms with E-state index in [0.29, 0.717) is 12.1 Å². The summed E-state index contributed by atoms with van der Waals surface area (Å²) in [4.78, 5) is 41.1. The summed E-state index contributed by atoms with van der Waals surface area (Å²) in [5.74, 6) is -0.188. The molecule has 0 aromatic heterocycles. The fourth-order valence-corrected chi connectivity index (χ4v) is 5.56. The summed E-state index contributed by atoms with van der Waals surface area (Å²) in [5, 5.41) is -0.312. The molecule has 2 aliphatic rings. The Bertz CT molecular complexity index is 964. The van der Waals surface area contributed by atoms with Crippen LogP contribution in [0, 0.1) is 0 Å². The molecular formula is C22H22N2O4S2. The second kappa shape index (κ2) is 8.45. The highest BCUT2D eigenvalue weighted by Gasteiger charge is 2.40. The summed E-state index contributed by atoms with van der Waals surface area (Å²) in [7, 11) is 0. The van der Waals surface area contributed by atoms with E-state index in [-0.39, 0.29) is 29.4 Å². The molecule has 0 bridgehead atoms. The molecule has 1 fully saturated rings. The van der Waals surface area contributed by atoms with Crippen LogP contribution in [0.3, 0.4) is 0 Å². The standard InChI is InChI=1S/C22H22N2O4S2/c1-22(2)23(19(26)16-10-6-7-11-17(16)30-22)12-13-28-20(15-8-4-3-5-9-15)24-18(25)14-29-21(24)27/h3-11,20H,12-14H2,1-2H3. The fraction of sp³-hybridized carbons (Fsp3) is 0.318. The van der Waals surface area contributed by atoms with Gasteiger partial charge in [0.1, 0.15) is 0 Å². The van der Waals surface area contributed by atoms with E-state index in [2.05, 4.69) is 0 Å². The molecule has 0 aliphatic carbocycles. The van der Waals surface area contributed by atoms with Crippen LogP contribution in [-0.4, -0.2) is 50.6 Å². The number of thioether (sulfide) groups is 2. The number of benzene rings is 2. The van der Waals surface area contributed by atoms with Gasteiger partial charge in [0.25, 0.3) is 11.1 Å². The highest BCUT2D eigenvalue weighted by molar-refractivity contribution is 8.14.